The molecule has 1 N–H and O–H groups in total. The lowest BCUT2D eigenvalue weighted by atomic mass is 10.00. The third kappa shape index (κ3) is 3.84. The Morgan fingerprint density at radius 2 is 1.73 bits per heavy atom. The van der Waals surface area contributed by atoms with Crippen molar-refractivity contribution in [3.63, 3.8) is 0 Å². The van der Waals surface area contributed by atoms with Crippen molar-refractivity contribution in [3.8, 4) is 5.75 Å². The summed E-state index contributed by atoms with van der Waals surface area (Å²) >= 11 is 0. The molecule has 1 saturated heterocycles. The van der Waals surface area contributed by atoms with Crippen LogP contribution in [0.2, 0.25) is 0 Å². The topological polar surface area (TPSA) is 56.9 Å². The van der Waals surface area contributed by atoms with Gasteiger partial charge in [-0.1, -0.05) is 30.7 Å². The maximum atomic E-state index is 12.2. The second kappa shape index (κ2) is 7.64. The molecule has 4 rings (SSSR count). The summed E-state index contributed by atoms with van der Waals surface area (Å²) in [6.07, 6.45) is 4.60. The fourth-order valence-electron chi connectivity index (χ4n) is 4.00. The van der Waals surface area contributed by atoms with Crippen molar-refractivity contribution >= 4 is 0 Å². The summed E-state index contributed by atoms with van der Waals surface area (Å²) in [5.41, 5.74) is 2.41. The van der Waals surface area contributed by atoms with E-state index < -0.39 is 0 Å². The molecule has 2 aliphatic rings. The van der Waals surface area contributed by atoms with Crippen molar-refractivity contribution in [2.75, 3.05) is 19.6 Å². The van der Waals surface area contributed by atoms with Crippen LogP contribution < -0.4 is 5.43 Å². The van der Waals surface area contributed by atoms with Crippen molar-refractivity contribution in [1.29, 1.82) is 0 Å². The van der Waals surface area contributed by atoms with Crippen LogP contribution in [0.15, 0.2) is 39.5 Å². The Kier molecular flexibility index (Phi) is 5.09. The smallest absolute Gasteiger partial charge is 0.227 e. The van der Waals surface area contributed by atoms with E-state index >= 15 is 0 Å². The summed E-state index contributed by atoms with van der Waals surface area (Å²) in [4.78, 5) is 16.7. The van der Waals surface area contributed by atoms with Gasteiger partial charge in [0.2, 0.25) is 11.2 Å². The van der Waals surface area contributed by atoms with E-state index in [2.05, 4.69) is 34.1 Å². The van der Waals surface area contributed by atoms with E-state index in [4.69, 9.17) is 4.42 Å². The van der Waals surface area contributed by atoms with Crippen LogP contribution in [-0.2, 0) is 26.1 Å². The molecular weight excluding hydrogens is 328 g/mol. The molecule has 1 aromatic carbocycles. The van der Waals surface area contributed by atoms with Gasteiger partial charge in [0.1, 0.15) is 5.76 Å². The number of fused-ring (bicyclic) bond motifs is 1. The van der Waals surface area contributed by atoms with Gasteiger partial charge in [0, 0.05) is 19.2 Å². The molecule has 2 aromatic rings. The van der Waals surface area contributed by atoms with Gasteiger partial charge >= 0.3 is 0 Å². The quantitative estimate of drug-likeness (QED) is 0.915. The predicted molar refractivity (Wildman–Crippen MR) is 100 cm³/mol. The zero-order valence-corrected chi connectivity index (χ0v) is 15.1. The lowest BCUT2D eigenvalue weighted by Gasteiger charge is -2.28. The van der Waals surface area contributed by atoms with Crippen LogP contribution >= 0.6 is 0 Å². The molecular formula is C21H26N2O3. The van der Waals surface area contributed by atoms with Gasteiger partial charge in [0.15, 0.2) is 5.76 Å². The fraction of sp³-hybridized carbons (Fsp3) is 0.476. The number of benzene rings is 1. The molecule has 0 saturated carbocycles. The Morgan fingerprint density at radius 3 is 2.54 bits per heavy atom. The third-order valence-corrected chi connectivity index (χ3v) is 5.45. The molecule has 0 spiro atoms. The molecule has 0 radical (unpaired) electrons. The molecule has 3 heterocycles. The maximum Gasteiger partial charge on any atom is 0.227 e. The lowest BCUT2D eigenvalue weighted by Crippen LogP contribution is -2.31. The number of nitrogens with zero attached hydrogens (tertiary/aromatic N) is 2. The van der Waals surface area contributed by atoms with Crippen LogP contribution in [-0.4, -0.2) is 34.5 Å². The number of piperidine rings is 1. The molecule has 0 amide bonds. The zero-order chi connectivity index (χ0) is 17.9. The molecule has 2 aliphatic heterocycles. The van der Waals surface area contributed by atoms with E-state index in [-0.39, 0.29) is 11.2 Å². The van der Waals surface area contributed by atoms with Gasteiger partial charge in [-0.2, -0.15) is 0 Å². The van der Waals surface area contributed by atoms with Gasteiger partial charge in [0.25, 0.3) is 0 Å². The van der Waals surface area contributed by atoms with Crippen LogP contribution in [0.3, 0.4) is 0 Å². The highest BCUT2D eigenvalue weighted by Gasteiger charge is 2.20. The van der Waals surface area contributed by atoms with E-state index in [0.29, 0.717) is 24.6 Å². The highest BCUT2D eigenvalue weighted by atomic mass is 16.4. The molecule has 1 fully saturated rings. The Morgan fingerprint density at radius 1 is 0.962 bits per heavy atom. The van der Waals surface area contributed by atoms with Crippen molar-refractivity contribution in [2.24, 2.45) is 0 Å². The summed E-state index contributed by atoms with van der Waals surface area (Å²) in [6.45, 7) is 4.91. The summed E-state index contributed by atoms with van der Waals surface area (Å²) < 4.78 is 5.95. The Labute approximate surface area is 153 Å². The third-order valence-electron chi connectivity index (χ3n) is 5.45. The fourth-order valence-corrected chi connectivity index (χ4v) is 4.00. The van der Waals surface area contributed by atoms with Crippen LogP contribution in [0.4, 0.5) is 0 Å². The monoisotopic (exact) mass is 354 g/mol. The second-order valence-corrected chi connectivity index (χ2v) is 7.41. The van der Waals surface area contributed by atoms with E-state index in [1.165, 1.54) is 23.6 Å². The number of rotatable bonds is 4. The number of likely N-dealkylation sites (tertiary alicyclic amines) is 1. The molecule has 5 nitrogen and oxygen atoms in total. The Hall–Kier alpha value is -2.11. The number of hydrogen-bond donors (Lipinski definition) is 1. The van der Waals surface area contributed by atoms with Gasteiger partial charge in [-0.3, -0.25) is 14.6 Å². The summed E-state index contributed by atoms with van der Waals surface area (Å²) in [7, 11) is 0. The average molecular weight is 354 g/mol. The van der Waals surface area contributed by atoms with Crippen molar-refractivity contribution < 1.29 is 9.52 Å². The summed E-state index contributed by atoms with van der Waals surface area (Å²) in [6, 6.07) is 9.94. The van der Waals surface area contributed by atoms with E-state index in [1.807, 2.05) is 0 Å². The Balaban J connectivity index is 1.49. The van der Waals surface area contributed by atoms with Crippen LogP contribution in [0.1, 0.15) is 41.9 Å². The van der Waals surface area contributed by atoms with E-state index in [0.717, 1.165) is 45.4 Å². The van der Waals surface area contributed by atoms with Gasteiger partial charge in [0.05, 0.1) is 13.1 Å². The zero-order valence-electron chi connectivity index (χ0n) is 15.1. The molecule has 5 heteroatoms. The van der Waals surface area contributed by atoms with Crippen LogP contribution in [0, 0.1) is 0 Å². The van der Waals surface area contributed by atoms with Crippen LogP contribution in [0.5, 0.6) is 5.75 Å². The first-order chi connectivity index (χ1) is 12.7. The largest absolute Gasteiger partial charge is 0.502 e. The minimum atomic E-state index is -0.337. The van der Waals surface area contributed by atoms with E-state index in [1.54, 1.807) is 0 Å². The first-order valence-electron chi connectivity index (χ1n) is 9.55. The standard InChI is InChI=1S/C21H26N2O3/c24-19-12-18(14-23-11-8-16-6-2-3-7-17(16)13-23)26-20(21(19)25)15-22-9-4-1-5-10-22/h2-3,6-7,12,25H,1,4-5,8-11,13-15H2. The van der Waals surface area contributed by atoms with Gasteiger partial charge < -0.3 is 9.52 Å². The molecule has 0 aliphatic carbocycles. The SMILES string of the molecule is O=c1cc(CN2CCc3ccccc3C2)oc(CN2CCCCC2)c1O. The van der Waals surface area contributed by atoms with Crippen LogP contribution in [0.25, 0.3) is 0 Å². The van der Waals surface area contributed by atoms with Gasteiger partial charge in [-0.15, -0.1) is 0 Å². The summed E-state index contributed by atoms with van der Waals surface area (Å²) in [5.74, 6) is 0.814. The second-order valence-electron chi connectivity index (χ2n) is 7.41. The number of aromatic hydroxyl groups is 1. The van der Waals surface area contributed by atoms with Gasteiger partial charge in [-0.05, 0) is 43.5 Å². The summed E-state index contributed by atoms with van der Waals surface area (Å²) in [5, 5.41) is 10.1. The molecule has 138 valence electrons. The minimum Gasteiger partial charge on any atom is -0.502 e. The predicted octanol–water partition coefficient (Wildman–Crippen LogP) is 2.89. The number of hydrogen-bond acceptors (Lipinski definition) is 5. The van der Waals surface area contributed by atoms with Crippen molar-refractivity contribution in [2.45, 2.75) is 45.3 Å². The first kappa shape index (κ1) is 17.3. The Bertz CT molecular complexity index is 824. The average Bonchev–Trinajstić information content (AvgIpc) is 2.66. The highest BCUT2D eigenvalue weighted by molar-refractivity contribution is 5.29. The van der Waals surface area contributed by atoms with Crippen molar-refractivity contribution in [3.05, 3.63) is 63.2 Å². The van der Waals surface area contributed by atoms with Gasteiger partial charge in [-0.25, -0.2) is 0 Å². The van der Waals surface area contributed by atoms with E-state index in [9.17, 15) is 9.90 Å². The maximum absolute atomic E-state index is 12.2. The highest BCUT2D eigenvalue weighted by Crippen LogP contribution is 2.23. The van der Waals surface area contributed by atoms with Crippen molar-refractivity contribution in [1.82, 2.24) is 9.80 Å². The molecule has 1 aromatic heterocycles. The molecule has 26 heavy (non-hydrogen) atoms. The minimum absolute atomic E-state index is 0.233. The lowest BCUT2D eigenvalue weighted by molar-refractivity contribution is 0.184. The molecule has 0 atom stereocenters. The normalized spacial score (nSPS) is 18.6. The molecule has 0 unspecified atom stereocenters. The molecule has 0 bridgehead atoms. The first-order valence-corrected chi connectivity index (χ1v) is 9.55.